The van der Waals surface area contributed by atoms with Crippen molar-refractivity contribution in [3.05, 3.63) is 22.7 Å². The zero-order valence-electron chi connectivity index (χ0n) is 7.37. The summed E-state index contributed by atoms with van der Waals surface area (Å²) in [5.74, 6) is 1.16. The molecule has 0 aromatic heterocycles. The number of fused-ring (bicyclic) bond motifs is 1. The van der Waals surface area contributed by atoms with E-state index in [0.29, 0.717) is 22.1 Å². The molecule has 1 aromatic rings. The Morgan fingerprint density at radius 3 is 3.00 bits per heavy atom. The second-order valence-electron chi connectivity index (χ2n) is 2.98. The van der Waals surface area contributed by atoms with Crippen LogP contribution in [0.5, 0.6) is 11.5 Å². The summed E-state index contributed by atoms with van der Waals surface area (Å²) in [5.41, 5.74) is 6.30. The van der Waals surface area contributed by atoms with Crippen LogP contribution in [-0.2, 0) is 0 Å². The maximum Gasteiger partial charge on any atom is 0.231 e. The number of nitrogens with two attached hydrogens (primary N) is 1. The highest BCUT2D eigenvalue weighted by Gasteiger charge is 2.23. The van der Waals surface area contributed by atoms with Crippen LogP contribution in [0.4, 0.5) is 0 Å². The minimum absolute atomic E-state index is 0.167. The summed E-state index contributed by atoms with van der Waals surface area (Å²) in [7, 11) is 0. The van der Waals surface area contributed by atoms with E-state index in [4.69, 9.17) is 31.9 Å². The summed E-state index contributed by atoms with van der Waals surface area (Å²) in [5, 5.41) is 9.45. The predicted octanol–water partition coefficient (Wildman–Crippen LogP) is 1.06. The van der Waals surface area contributed by atoms with Gasteiger partial charge in [-0.3, -0.25) is 0 Å². The molecule has 0 aliphatic carbocycles. The molecule has 0 saturated carbocycles. The first kappa shape index (κ1) is 9.58. The molecule has 3 N–H and O–H groups in total. The lowest BCUT2D eigenvalue weighted by Gasteiger charge is -2.13. The molecule has 2 rings (SSSR count). The highest BCUT2D eigenvalue weighted by Crippen LogP contribution is 2.41. The molecule has 14 heavy (non-hydrogen) atoms. The van der Waals surface area contributed by atoms with E-state index < -0.39 is 6.04 Å². The van der Waals surface area contributed by atoms with Crippen molar-refractivity contribution in [3.63, 3.8) is 0 Å². The van der Waals surface area contributed by atoms with Crippen LogP contribution in [-0.4, -0.2) is 18.5 Å². The van der Waals surface area contributed by atoms with Crippen molar-refractivity contribution in [2.45, 2.75) is 6.04 Å². The minimum Gasteiger partial charge on any atom is -0.454 e. The van der Waals surface area contributed by atoms with Crippen LogP contribution in [0.15, 0.2) is 12.1 Å². The van der Waals surface area contributed by atoms with Crippen molar-refractivity contribution >= 4 is 11.6 Å². The van der Waals surface area contributed by atoms with Crippen LogP contribution in [0.25, 0.3) is 0 Å². The molecule has 1 unspecified atom stereocenters. The van der Waals surface area contributed by atoms with Gasteiger partial charge in [-0.1, -0.05) is 11.6 Å². The molecule has 0 bridgehead atoms. The number of rotatable bonds is 2. The number of aliphatic hydroxyl groups is 1. The van der Waals surface area contributed by atoms with Gasteiger partial charge >= 0.3 is 0 Å². The largest absolute Gasteiger partial charge is 0.454 e. The number of hydrogen-bond donors (Lipinski definition) is 2. The van der Waals surface area contributed by atoms with E-state index >= 15 is 0 Å². The fourth-order valence-electron chi connectivity index (χ4n) is 1.41. The molecule has 1 aromatic carbocycles. The van der Waals surface area contributed by atoms with Gasteiger partial charge in [-0.15, -0.1) is 0 Å². The van der Waals surface area contributed by atoms with E-state index in [1.807, 2.05) is 0 Å². The van der Waals surface area contributed by atoms with Crippen LogP contribution in [0.1, 0.15) is 11.6 Å². The van der Waals surface area contributed by atoms with Crippen LogP contribution < -0.4 is 15.2 Å². The number of hydrogen-bond acceptors (Lipinski definition) is 4. The Kier molecular flexibility index (Phi) is 2.50. The minimum atomic E-state index is -0.542. The average molecular weight is 216 g/mol. The summed E-state index contributed by atoms with van der Waals surface area (Å²) in [6, 6.07) is 2.86. The van der Waals surface area contributed by atoms with Crippen molar-refractivity contribution in [3.8, 4) is 11.5 Å². The van der Waals surface area contributed by atoms with Crippen LogP contribution in [0, 0.1) is 0 Å². The number of benzene rings is 1. The summed E-state index contributed by atoms with van der Waals surface area (Å²) < 4.78 is 10.4. The molecule has 1 atom stereocenters. The van der Waals surface area contributed by atoms with Gasteiger partial charge in [0.05, 0.1) is 12.6 Å². The first-order chi connectivity index (χ1) is 6.74. The Hall–Kier alpha value is -0.970. The average Bonchev–Trinajstić information content (AvgIpc) is 2.64. The zero-order chi connectivity index (χ0) is 10.1. The highest BCUT2D eigenvalue weighted by atomic mass is 35.5. The topological polar surface area (TPSA) is 64.7 Å². The second-order valence-corrected chi connectivity index (χ2v) is 3.39. The number of ether oxygens (including phenoxy) is 2. The normalized spacial score (nSPS) is 15.6. The Morgan fingerprint density at radius 1 is 1.50 bits per heavy atom. The van der Waals surface area contributed by atoms with Gasteiger partial charge in [0.15, 0.2) is 11.5 Å². The molecule has 0 radical (unpaired) electrons. The third-order valence-electron chi connectivity index (χ3n) is 2.09. The molecule has 0 saturated heterocycles. The van der Waals surface area contributed by atoms with Crippen molar-refractivity contribution in [2.24, 2.45) is 5.73 Å². The molecular weight excluding hydrogens is 206 g/mol. The second kappa shape index (κ2) is 3.65. The summed E-state index contributed by atoms with van der Waals surface area (Å²) in [6.07, 6.45) is 0. The predicted molar refractivity (Wildman–Crippen MR) is 51.6 cm³/mol. The van der Waals surface area contributed by atoms with Crippen LogP contribution in [0.2, 0.25) is 5.02 Å². The monoisotopic (exact) mass is 215 g/mol. The maximum absolute atomic E-state index is 8.96. The molecule has 5 heteroatoms. The Bertz CT molecular complexity index is 356. The zero-order valence-corrected chi connectivity index (χ0v) is 8.12. The molecule has 1 aliphatic rings. The lowest BCUT2D eigenvalue weighted by molar-refractivity contribution is 0.172. The third kappa shape index (κ3) is 1.41. The molecule has 0 fully saturated rings. The molecule has 0 spiro atoms. The van der Waals surface area contributed by atoms with Gasteiger partial charge in [0, 0.05) is 10.6 Å². The smallest absolute Gasteiger partial charge is 0.231 e. The fourth-order valence-corrected chi connectivity index (χ4v) is 1.70. The third-order valence-corrected chi connectivity index (χ3v) is 2.42. The standard InChI is InChI=1S/C9H10ClNO3/c10-5-1-2-7-9(14-4-13-7)8(5)6(11)3-12/h1-2,6,12H,3-4,11H2. The fraction of sp³-hybridized carbons (Fsp3) is 0.333. The van der Waals surface area contributed by atoms with Gasteiger partial charge in [-0.05, 0) is 12.1 Å². The van der Waals surface area contributed by atoms with Gasteiger partial charge in [0.2, 0.25) is 6.79 Å². The van der Waals surface area contributed by atoms with Crippen LogP contribution in [0.3, 0.4) is 0 Å². The molecule has 0 amide bonds. The Morgan fingerprint density at radius 2 is 2.29 bits per heavy atom. The molecule has 4 nitrogen and oxygen atoms in total. The highest BCUT2D eigenvalue weighted by molar-refractivity contribution is 6.31. The number of halogens is 1. The first-order valence-electron chi connectivity index (χ1n) is 4.18. The van der Waals surface area contributed by atoms with Gasteiger partial charge in [0.25, 0.3) is 0 Å². The maximum atomic E-state index is 8.96. The van der Waals surface area contributed by atoms with Gasteiger partial charge < -0.3 is 20.3 Å². The van der Waals surface area contributed by atoms with E-state index in [9.17, 15) is 0 Å². The Balaban J connectivity index is 2.51. The Labute approximate surface area is 86.2 Å². The molecule has 76 valence electrons. The summed E-state index contributed by atoms with van der Waals surface area (Å²) in [6.45, 7) is -0.0135. The van der Waals surface area contributed by atoms with Crippen LogP contribution >= 0.6 is 11.6 Å². The molecule has 1 aliphatic heterocycles. The van der Waals surface area contributed by atoms with E-state index in [1.54, 1.807) is 12.1 Å². The lowest BCUT2D eigenvalue weighted by atomic mass is 10.1. The quantitative estimate of drug-likeness (QED) is 0.775. The van der Waals surface area contributed by atoms with Crippen molar-refractivity contribution in [1.82, 2.24) is 0 Å². The number of aliphatic hydroxyl groups excluding tert-OH is 1. The van der Waals surface area contributed by atoms with Crippen molar-refractivity contribution < 1.29 is 14.6 Å². The first-order valence-corrected chi connectivity index (χ1v) is 4.56. The van der Waals surface area contributed by atoms with E-state index in [0.717, 1.165) is 0 Å². The van der Waals surface area contributed by atoms with Gasteiger partial charge in [-0.2, -0.15) is 0 Å². The van der Waals surface area contributed by atoms with E-state index in [2.05, 4.69) is 0 Å². The van der Waals surface area contributed by atoms with E-state index in [1.165, 1.54) is 0 Å². The molecular formula is C9H10ClNO3. The van der Waals surface area contributed by atoms with Crippen molar-refractivity contribution in [2.75, 3.05) is 13.4 Å². The van der Waals surface area contributed by atoms with Gasteiger partial charge in [0.1, 0.15) is 0 Å². The lowest BCUT2D eigenvalue weighted by Crippen LogP contribution is -2.15. The summed E-state index contributed by atoms with van der Waals surface area (Å²) in [4.78, 5) is 0. The summed E-state index contributed by atoms with van der Waals surface area (Å²) >= 11 is 5.95. The van der Waals surface area contributed by atoms with Crippen molar-refractivity contribution in [1.29, 1.82) is 0 Å². The molecule has 1 heterocycles. The van der Waals surface area contributed by atoms with Gasteiger partial charge in [-0.25, -0.2) is 0 Å². The SMILES string of the molecule is NC(CO)c1c(Cl)ccc2c1OCO2. The van der Waals surface area contributed by atoms with E-state index in [-0.39, 0.29) is 13.4 Å².